The van der Waals surface area contributed by atoms with Crippen LogP contribution < -0.4 is 14.2 Å². The highest BCUT2D eigenvalue weighted by atomic mass is 32.1. The predicted octanol–water partition coefficient (Wildman–Crippen LogP) is 3.82. The van der Waals surface area contributed by atoms with Gasteiger partial charge in [-0.15, -0.1) is 11.3 Å². The van der Waals surface area contributed by atoms with Gasteiger partial charge in [-0.25, -0.2) is 4.79 Å². The van der Waals surface area contributed by atoms with Crippen LogP contribution in [-0.4, -0.2) is 12.8 Å². The van der Waals surface area contributed by atoms with Crippen LogP contribution in [0.3, 0.4) is 0 Å². The quantitative estimate of drug-likeness (QED) is 0.624. The molecule has 0 unspecified atom stereocenters. The predicted molar refractivity (Wildman–Crippen MR) is 83.0 cm³/mol. The average molecular weight is 316 g/mol. The molecule has 2 aliphatic rings. The minimum atomic E-state index is -0.300. The van der Waals surface area contributed by atoms with Crippen LogP contribution in [0.4, 0.5) is 0 Å². The standard InChI is InChI=1S/C17H16O4S/c1-10-2-5-15-11(6-10)7-16(22-15)17(18)21-12-3-4-13-14(8-12)20-9-19-13/h3-4,7-8,10H,2,5-6,9H2,1H3/t10-/m1/s1. The topological polar surface area (TPSA) is 44.8 Å². The van der Waals surface area contributed by atoms with Crippen LogP contribution in [-0.2, 0) is 12.8 Å². The van der Waals surface area contributed by atoms with Gasteiger partial charge in [-0.3, -0.25) is 0 Å². The Labute approximate surface area is 132 Å². The van der Waals surface area contributed by atoms with Gasteiger partial charge in [0.05, 0.1) is 0 Å². The number of esters is 1. The van der Waals surface area contributed by atoms with Gasteiger partial charge in [0.15, 0.2) is 11.5 Å². The molecule has 2 heterocycles. The lowest BCUT2D eigenvalue weighted by Crippen LogP contribution is -2.08. The number of aryl methyl sites for hydroxylation is 1. The number of rotatable bonds is 2. The molecule has 4 rings (SSSR count). The maximum Gasteiger partial charge on any atom is 0.353 e. The summed E-state index contributed by atoms with van der Waals surface area (Å²) in [7, 11) is 0. The van der Waals surface area contributed by atoms with Gasteiger partial charge in [0.25, 0.3) is 0 Å². The van der Waals surface area contributed by atoms with Crippen LogP contribution in [0.1, 0.15) is 33.5 Å². The number of benzene rings is 1. The van der Waals surface area contributed by atoms with E-state index < -0.39 is 0 Å². The molecule has 4 nitrogen and oxygen atoms in total. The van der Waals surface area contributed by atoms with Crippen molar-refractivity contribution < 1.29 is 19.0 Å². The summed E-state index contributed by atoms with van der Waals surface area (Å²) in [5.41, 5.74) is 1.31. The first-order chi connectivity index (χ1) is 10.7. The van der Waals surface area contributed by atoms with Gasteiger partial charge < -0.3 is 14.2 Å². The first kappa shape index (κ1) is 13.6. The van der Waals surface area contributed by atoms with Gasteiger partial charge in [0.1, 0.15) is 10.6 Å². The Morgan fingerprint density at radius 3 is 3.05 bits per heavy atom. The molecule has 0 saturated heterocycles. The van der Waals surface area contributed by atoms with Gasteiger partial charge in [0.2, 0.25) is 6.79 Å². The van der Waals surface area contributed by atoms with E-state index in [1.807, 2.05) is 6.07 Å². The number of thiophene rings is 1. The zero-order chi connectivity index (χ0) is 15.1. The molecular formula is C17H16O4S. The molecule has 1 atom stereocenters. The molecule has 5 heteroatoms. The minimum Gasteiger partial charge on any atom is -0.454 e. The normalized spacial score (nSPS) is 18.9. The van der Waals surface area contributed by atoms with E-state index in [-0.39, 0.29) is 12.8 Å². The summed E-state index contributed by atoms with van der Waals surface area (Å²) < 4.78 is 16.0. The highest BCUT2D eigenvalue weighted by Gasteiger charge is 2.22. The van der Waals surface area contributed by atoms with Crippen molar-refractivity contribution in [2.75, 3.05) is 6.79 Å². The Kier molecular flexibility index (Phi) is 3.30. The third-order valence-electron chi connectivity index (χ3n) is 4.08. The number of hydrogen-bond donors (Lipinski definition) is 0. The fraction of sp³-hybridized carbons (Fsp3) is 0.353. The van der Waals surface area contributed by atoms with Crippen LogP contribution in [0.5, 0.6) is 17.2 Å². The Hall–Kier alpha value is -2.01. The van der Waals surface area contributed by atoms with Crippen LogP contribution >= 0.6 is 11.3 Å². The zero-order valence-corrected chi connectivity index (χ0v) is 13.1. The molecule has 0 spiro atoms. The second kappa shape index (κ2) is 5.32. The van der Waals surface area contributed by atoms with E-state index in [4.69, 9.17) is 14.2 Å². The van der Waals surface area contributed by atoms with Crippen molar-refractivity contribution in [3.05, 3.63) is 39.6 Å². The molecule has 1 aromatic heterocycles. The highest BCUT2D eigenvalue weighted by molar-refractivity contribution is 7.14. The fourth-order valence-corrected chi connectivity index (χ4v) is 3.99. The van der Waals surface area contributed by atoms with Gasteiger partial charge >= 0.3 is 5.97 Å². The summed E-state index contributed by atoms with van der Waals surface area (Å²) in [5.74, 6) is 2.17. The summed E-state index contributed by atoms with van der Waals surface area (Å²) in [5, 5.41) is 0. The molecule has 2 aromatic rings. The lowest BCUT2D eigenvalue weighted by molar-refractivity contribution is 0.0739. The van der Waals surface area contributed by atoms with Crippen molar-refractivity contribution in [1.82, 2.24) is 0 Å². The monoisotopic (exact) mass is 316 g/mol. The molecule has 0 N–H and O–H groups in total. The molecule has 114 valence electrons. The van der Waals surface area contributed by atoms with Gasteiger partial charge in [-0.05, 0) is 48.9 Å². The van der Waals surface area contributed by atoms with E-state index in [0.29, 0.717) is 28.0 Å². The first-order valence-corrected chi connectivity index (χ1v) is 8.24. The molecule has 1 aromatic carbocycles. The van der Waals surface area contributed by atoms with Crippen molar-refractivity contribution >= 4 is 17.3 Å². The molecule has 0 radical (unpaired) electrons. The SMILES string of the molecule is C[C@@H]1CCc2sc(C(=O)Oc3ccc4c(c3)OCO4)cc2C1. The summed E-state index contributed by atoms with van der Waals surface area (Å²) in [4.78, 5) is 14.3. The Balaban J connectivity index is 1.53. The van der Waals surface area contributed by atoms with Gasteiger partial charge in [0, 0.05) is 10.9 Å². The van der Waals surface area contributed by atoms with Crippen LogP contribution in [0.15, 0.2) is 24.3 Å². The third kappa shape index (κ3) is 2.46. The van der Waals surface area contributed by atoms with Crippen LogP contribution in [0, 0.1) is 5.92 Å². The maximum absolute atomic E-state index is 12.3. The molecule has 1 aliphatic heterocycles. The van der Waals surface area contributed by atoms with Crippen molar-refractivity contribution in [2.45, 2.75) is 26.2 Å². The lowest BCUT2D eigenvalue weighted by atomic mass is 9.90. The van der Waals surface area contributed by atoms with E-state index in [9.17, 15) is 4.79 Å². The van der Waals surface area contributed by atoms with Gasteiger partial charge in [-0.1, -0.05) is 6.92 Å². The first-order valence-electron chi connectivity index (χ1n) is 7.42. The van der Waals surface area contributed by atoms with Crippen LogP contribution in [0.2, 0.25) is 0 Å². The van der Waals surface area contributed by atoms with Crippen molar-refractivity contribution in [2.24, 2.45) is 5.92 Å². The van der Waals surface area contributed by atoms with E-state index in [2.05, 4.69) is 6.92 Å². The molecule has 0 amide bonds. The van der Waals surface area contributed by atoms with E-state index in [1.54, 1.807) is 29.5 Å². The minimum absolute atomic E-state index is 0.211. The third-order valence-corrected chi connectivity index (χ3v) is 5.30. The summed E-state index contributed by atoms with van der Waals surface area (Å²) >= 11 is 1.56. The molecule has 1 aliphatic carbocycles. The largest absolute Gasteiger partial charge is 0.454 e. The fourth-order valence-electron chi connectivity index (χ4n) is 2.90. The molecule has 0 fully saturated rings. The number of ether oxygens (including phenoxy) is 3. The lowest BCUT2D eigenvalue weighted by Gasteiger charge is -2.16. The second-order valence-corrected chi connectivity index (χ2v) is 6.95. The molecule has 0 bridgehead atoms. The van der Waals surface area contributed by atoms with E-state index >= 15 is 0 Å². The zero-order valence-electron chi connectivity index (χ0n) is 12.3. The van der Waals surface area contributed by atoms with Crippen LogP contribution in [0.25, 0.3) is 0 Å². The summed E-state index contributed by atoms with van der Waals surface area (Å²) in [6.45, 7) is 2.47. The van der Waals surface area contributed by atoms with Gasteiger partial charge in [-0.2, -0.15) is 0 Å². The van der Waals surface area contributed by atoms with Crippen molar-refractivity contribution in [1.29, 1.82) is 0 Å². The average Bonchev–Trinajstić information content (AvgIpc) is 3.12. The summed E-state index contributed by atoms with van der Waals surface area (Å²) in [6.07, 6.45) is 3.33. The summed E-state index contributed by atoms with van der Waals surface area (Å²) in [6, 6.07) is 7.16. The highest BCUT2D eigenvalue weighted by Crippen LogP contribution is 2.36. The van der Waals surface area contributed by atoms with E-state index in [1.165, 1.54) is 16.9 Å². The number of carbonyl (C=O) groups is 1. The van der Waals surface area contributed by atoms with E-state index in [0.717, 1.165) is 12.8 Å². The molecule has 0 saturated carbocycles. The smallest absolute Gasteiger partial charge is 0.353 e. The second-order valence-electron chi connectivity index (χ2n) is 5.81. The number of carbonyl (C=O) groups excluding carboxylic acids is 1. The number of fused-ring (bicyclic) bond motifs is 2. The maximum atomic E-state index is 12.3. The Morgan fingerprint density at radius 2 is 2.14 bits per heavy atom. The van der Waals surface area contributed by atoms with Crippen molar-refractivity contribution in [3.8, 4) is 17.2 Å². The Morgan fingerprint density at radius 1 is 1.27 bits per heavy atom. The molecule has 22 heavy (non-hydrogen) atoms. The molecular weight excluding hydrogens is 300 g/mol. The van der Waals surface area contributed by atoms with Crippen molar-refractivity contribution in [3.63, 3.8) is 0 Å². The number of hydrogen-bond acceptors (Lipinski definition) is 5. The Bertz CT molecular complexity index is 734.